The van der Waals surface area contributed by atoms with Crippen molar-refractivity contribution in [1.82, 2.24) is 4.98 Å². The number of aromatic amines is 1. The Kier molecular flexibility index (Phi) is 3.05. The maximum Gasteiger partial charge on any atom is 0.211 e. The van der Waals surface area contributed by atoms with Crippen LogP contribution in [-0.4, -0.2) is 17.7 Å². The van der Waals surface area contributed by atoms with Crippen molar-refractivity contribution in [2.24, 2.45) is 0 Å². The number of hydrogen-bond acceptors (Lipinski definition) is 2. The molecule has 98 valence electrons. The molecule has 0 atom stereocenters. The summed E-state index contributed by atoms with van der Waals surface area (Å²) in [6.07, 6.45) is 1.49. The van der Waals surface area contributed by atoms with Crippen LogP contribution in [0.5, 0.6) is 0 Å². The molecule has 2 aromatic carbocycles. The molecule has 0 bridgehead atoms. The summed E-state index contributed by atoms with van der Waals surface area (Å²) in [6, 6.07) is 15.1. The van der Waals surface area contributed by atoms with Crippen molar-refractivity contribution in [2.75, 3.05) is 5.32 Å². The maximum absolute atomic E-state index is 10.8. The fraction of sp³-hybridized carbons (Fsp3) is 0. The van der Waals surface area contributed by atoms with Gasteiger partial charge in [0.05, 0.1) is 0 Å². The Morgan fingerprint density at radius 1 is 0.950 bits per heavy atom. The molecule has 1 amide bonds. The molecule has 0 aliphatic rings. The van der Waals surface area contributed by atoms with Crippen LogP contribution in [0.25, 0.3) is 22.2 Å². The summed E-state index contributed by atoms with van der Waals surface area (Å²) in [4.78, 5) is 24.5. The number of fused-ring (bicyclic) bond motifs is 1. The van der Waals surface area contributed by atoms with Crippen LogP contribution in [-0.2, 0) is 4.79 Å². The first kappa shape index (κ1) is 12.2. The van der Waals surface area contributed by atoms with E-state index in [0.29, 0.717) is 12.0 Å². The van der Waals surface area contributed by atoms with Gasteiger partial charge in [-0.1, -0.05) is 12.1 Å². The smallest absolute Gasteiger partial charge is 0.211 e. The van der Waals surface area contributed by atoms with E-state index in [2.05, 4.69) is 10.3 Å². The lowest BCUT2D eigenvalue weighted by Crippen LogP contribution is -1.92. The lowest BCUT2D eigenvalue weighted by atomic mass is 10.1. The summed E-state index contributed by atoms with van der Waals surface area (Å²) in [6.45, 7) is 0. The summed E-state index contributed by atoms with van der Waals surface area (Å²) in [5, 5.41) is 3.60. The Balaban J connectivity index is 2.00. The second-order valence-electron chi connectivity index (χ2n) is 4.49. The normalized spacial score (nSPS) is 10.4. The second kappa shape index (κ2) is 5.01. The third-order valence-electron chi connectivity index (χ3n) is 3.20. The Labute approximate surface area is 115 Å². The van der Waals surface area contributed by atoms with Crippen molar-refractivity contribution in [3.8, 4) is 11.3 Å². The summed E-state index contributed by atoms with van der Waals surface area (Å²) in [7, 11) is 0. The van der Waals surface area contributed by atoms with E-state index in [1.807, 2.05) is 42.5 Å². The minimum atomic E-state index is 0.652. The van der Waals surface area contributed by atoms with Gasteiger partial charge >= 0.3 is 0 Å². The van der Waals surface area contributed by atoms with Gasteiger partial charge in [-0.25, -0.2) is 0 Å². The maximum atomic E-state index is 10.8. The quantitative estimate of drug-likeness (QED) is 0.711. The first-order valence-electron chi connectivity index (χ1n) is 6.19. The molecule has 3 aromatic rings. The van der Waals surface area contributed by atoms with Crippen molar-refractivity contribution < 1.29 is 9.59 Å². The molecule has 4 nitrogen and oxygen atoms in total. The lowest BCUT2D eigenvalue weighted by molar-refractivity contribution is -0.105. The van der Waals surface area contributed by atoms with Crippen molar-refractivity contribution in [1.29, 1.82) is 0 Å². The van der Waals surface area contributed by atoms with Crippen LogP contribution in [0.4, 0.5) is 5.69 Å². The number of carbonyl (C=O) groups is 2. The first-order chi connectivity index (χ1) is 9.80. The molecule has 0 saturated heterocycles. The SMILES string of the molecule is O=CNc1ccc(-c2cc3cc(C=O)ccc3[nH]2)cc1. The molecule has 4 heteroatoms. The standard InChI is InChI=1S/C16H12N2O2/c19-9-11-1-6-15-13(7-11)8-16(18-15)12-2-4-14(5-3-12)17-10-20/h1-10,18H,(H,17,20). The van der Waals surface area contributed by atoms with E-state index < -0.39 is 0 Å². The van der Waals surface area contributed by atoms with Gasteiger partial charge in [-0.2, -0.15) is 0 Å². The fourth-order valence-electron chi connectivity index (χ4n) is 2.19. The molecular weight excluding hydrogens is 252 g/mol. The van der Waals surface area contributed by atoms with Gasteiger partial charge in [0.15, 0.2) is 0 Å². The minimum absolute atomic E-state index is 0.652. The highest BCUT2D eigenvalue weighted by Crippen LogP contribution is 2.25. The van der Waals surface area contributed by atoms with Crippen LogP contribution >= 0.6 is 0 Å². The van der Waals surface area contributed by atoms with Gasteiger partial charge in [0.1, 0.15) is 6.29 Å². The van der Waals surface area contributed by atoms with Crippen LogP contribution in [0, 0.1) is 0 Å². The van der Waals surface area contributed by atoms with Crippen LogP contribution in [0.3, 0.4) is 0 Å². The molecule has 3 rings (SSSR count). The third-order valence-corrected chi connectivity index (χ3v) is 3.20. The molecule has 0 radical (unpaired) electrons. The van der Waals surface area contributed by atoms with Crippen LogP contribution in [0.1, 0.15) is 10.4 Å². The van der Waals surface area contributed by atoms with E-state index in [1.54, 1.807) is 6.07 Å². The number of benzene rings is 2. The molecule has 20 heavy (non-hydrogen) atoms. The minimum Gasteiger partial charge on any atom is -0.355 e. The number of anilines is 1. The molecule has 1 aromatic heterocycles. The predicted octanol–water partition coefficient (Wildman–Crippen LogP) is 3.22. The van der Waals surface area contributed by atoms with Gasteiger partial charge in [0.2, 0.25) is 6.41 Å². The number of carbonyl (C=O) groups excluding carboxylic acids is 2. The van der Waals surface area contributed by atoms with E-state index in [4.69, 9.17) is 0 Å². The topological polar surface area (TPSA) is 62.0 Å². The van der Waals surface area contributed by atoms with E-state index >= 15 is 0 Å². The van der Waals surface area contributed by atoms with Crippen molar-refractivity contribution in [2.45, 2.75) is 0 Å². The van der Waals surface area contributed by atoms with E-state index in [1.165, 1.54) is 0 Å². The van der Waals surface area contributed by atoms with Gasteiger partial charge in [-0.15, -0.1) is 0 Å². The average Bonchev–Trinajstić information content (AvgIpc) is 2.91. The van der Waals surface area contributed by atoms with E-state index in [9.17, 15) is 9.59 Å². The number of aromatic nitrogens is 1. The number of aldehydes is 1. The molecule has 0 aliphatic heterocycles. The molecule has 2 N–H and O–H groups in total. The molecule has 0 aliphatic carbocycles. The van der Waals surface area contributed by atoms with Gasteiger partial charge < -0.3 is 10.3 Å². The lowest BCUT2D eigenvalue weighted by Gasteiger charge is -2.00. The van der Waals surface area contributed by atoms with Gasteiger partial charge in [0.25, 0.3) is 0 Å². The Morgan fingerprint density at radius 2 is 1.75 bits per heavy atom. The number of hydrogen-bond donors (Lipinski definition) is 2. The highest BCUT2D eigenvalue weighted by Gasteiger charge is 2.04. The largest absolute Gasteiger partial charge is 0.355 e. The van der Waals surface area contributed by atoms with Crippen LogP contribution in [0.15, 0.2) is 48.5 Å². The second-order valence-corrected chi connectivity index (χ2v) is 4.49. The molecule has 0 spiro atoms. The Hall–Kier alpha value is -2.88. The zero-order chi connectivity index (χ0) is 13.9. The highest BCUT2D eigenvalue weighted by atomic mass is 16.1. The monoisotopic (exact) mass is 264 g/mol. The predicted molar refractivity (Wildman–Crippen MR) is 78.8 cm³/mol. The van der Waals surface area contributed by atoms with Gasteiger partial charge in [-0.3, -0.25) is 9.59 Å². The fourth-order valence-corrected chi connectivity index (χ4v) is 2.19. The molecule has 1 heterocycles. The van der Waals surface area contributed by atoms with Crippen molar-refractivity contribution >= 4 is 29.3 Å². The Bertz CT molecular complexity index is 773. The van der Waals surface area contributed by atoms with Crippen LogP contribution < -0.4 is 5.32 Å². The number of H-pyrrole nitrogens is 1. The van der Waals surface area contributed by atoms with E-state index in [-0.39, 0.29) is 0 Å². The van der Waals surface area contributed by atoms with Crippen molar-refractivity contribution in [3.05, 3.63) is 54.1 Å². The average molecular weight is 264 g/mol. The van der Waals surface area contributed by atoms with Crippen molar-refractivity contribution in [3.63, 3.8) is 0 Å². The highest BCUT2D eigenvalue weighted by molar-refractivity contribution is 5.90. The van der Waals surface area contributed by atoms with Crippen LogP contribution in [0.2, 0.25) is 0 Å². The summed E-state index contributed by atoms with van der Waals surface area (Å²) in [5.74, 6) is 0. The summed E-state index contributed by atoms with van der Waals surface area (Å²) >= 11 is 0. The molecule has 0 fully saturated rings. The number of amides is 1. The number of nitrogens with one attached hydrogen (secondary N) is 2. The summed E-state index contributed by atoms with van der Waals surface area (Å²) in [5.41, 5.74) is 4.39. The molecular formula is C16H12N2O2. The Morgan fingerprint density at radius 3 is 2.45 bits per heavy atom. The first-order valence-corrected chi connectivity index (χ1v) is 6.19. The van der Waals surface area contributed by atoms with E-state index in [0.717, 1.165) is 34.1 Å². The van der Waals surface area contributed by atoms with Gasteiger partial charge in [-0.05, 0) is 42.0 Å². The molecule has 0 saturated carbocycles. The zero-order valence-electron chi connectivity index (χ0n) is 10.6. The molecule has 0 unspecified atom stereocenters. The summed E-state index contributed by atoms with van der Waals surface area (Å²) < 4.78 is 0. The number of rotatable bonds is 4. The van der Waals surface area contributed by atoms with Gasteiger partial charge in [0, 0.05) is 27.8 Å². The third kappa shape index (κ3) is 2.19. The zero-order valence-corrected chi connectivity index (χ0v) is 10.6.